The van der Waals surface area contributed by atoms with E-state index in [0.29, 0.717) is 37.4 Å². The van der Waals surface area contributed by atoms with Crippen LogP contribution in [0, 0.1) is 6.92 Å². The molecule has 2 aliphatic heterocycles. The number of rotatable bonds is 2. The first-order valence-corrected chi connectivity index (χ1v) is 11.3. The predicted octanol–water partition coefficient (Wildman–Crippen LogP) is 2.37. The molecular weight excluding hydrogens is 420 g/mol. The number of carbonyl (C=O) groups excluding carboxylic acids is 1. The number of amides is 1. The van der Waals surface area contributed by atoms with E-state index in [-0.39, 0.29) is 23.0 Å². The van der Waals surface area contributed by atoms with E-state index in [2.05, 4.69) is 20.2 Å². The van der Waals surface area contributed by atoms with Gasteiger partial charge in [0.1, 0.15) is 5.82 Å². The maximum absolute atomic E-state index is 13.6. The number of hydrogen-bond donors (Lipinski definition) is 1. The molecule has 0 radical (unpaired) electrons. The van der Waals surface area contributed by atoms with Crippen LogP contribution in [0.5, 0.6) is 0 Å². The summed E-state index contributed by atoms with van der Waals surface area (Å²) >= 11 is 0. The molecule has 0 bridgehead atoms. The summed E-state index contributed by atoms with van der Waals surface area (Å²) in [6.45, 7) is 4.44. The molecule has 4 aromatic rings. The third kappa shape index (κ3) is 3.31. The van der Waals surface area contributed by atoms with Gasteiger partial charge < -0.3 is 14.6 Å². The average Bonchev–Trinajstić information content (AvgIpc) is 3.30. The van der Waals surface area contributed by atoms with E-state index in [9.17, 15) is 9.59 Å². The highest BCUT2D eigenvalue weighted by Crippen LogP contribution is 2.29. The second-order valence-electron chi connectivity index (χ2n) is 8.86. The summed E-state index contributed by atoms with van der Waals surface area (Å²) < 4.78 is 7.33. The van der Waals surface area contributed by atoms with Crippen molar-refractivity contribution in [2.45, 2.75) is 38.6 Å². The highest BCUT2D eigenvalue weighted by molar-refractivity contribution is 5.99. The number of aromatic amines is 1. The molecular formula is C24H24N6O3. The Morgan fingerprint density at radius 1 is 1.18 bits per heavy atom. The SMILES string of the molecule is Cc1cc2[nH]c(=O)c3nnc(C4CCOCC4)n3c2cc1C(=O)N1CCc2cnccc2C1. The number of aromatic nitrogens is 5. The Morgan fingerprint density at radius 3 is 2.88 bits per heavy atom. The topological polar surface area (TPSA) is 105 Å². The minimum Gasteiger partial charge on any atom is -0.381 e. The van der Waals surface area contributed by atoms with Crippen LogP contribution in [0.15, 0.2) is 35.4 Å². The molecule has 1 amide bonds. The maximum Gasteiger partial charge on any atom is 0.294 e. The number of fused-ring (bicyclic) bond motifs is 4. The molecule has 0 saturated carbocycles. The largest absolute Gasteiger partial charge is 0.381 e. The van der Waals surface area contributed by atoms with Crippen molar-refractivity contribution < 1.29 is 9.53 Å². The standard InChI is InChI=1S/C24H24N6O3/c1-14-10-19-20(11-18(14)24(32)29-7-3-16-12-25-6-2-17(16)13-29)30-21(15-4-8-33-9-5-15)27-28-22(30)23(31)26-19/h2,6,10-12,15H,3-5,7-9,13H2,1H3,(H,26,31). The van der Waals surface area contributed by atoms with Gasteiger partial charge in [-0.3, -0.25) is 19.0 Å². The van der Waals surface area contributed by atoms with Crippen molar-refractivity contribution in [1.82, 2.24) is 29.5 Å². The minimum absolute atomic E-state index is 0.0168. The number of H-pyrrole nitrogens is 1. The van der Waals surface area contributed by atoms with Crippen LogP contribution < -0.4 is 5.56 Å². The number of hydrogen-bond acceptors (Lipinski definition) is 6. The Hall–Kier alpha value is -3.59. The number of ether oxygens (including phenoxy) is 1. The maximum atomic E-state index is 13.6. The van der Waals surface area contributed by atoms with Gasteiger partial charge in [-0.2, -0.15) is 0 Å². The molecule has 0 atom stereocenters. The van der Waals surface area contributed by atoms with Gasteiger partial charge in [0, 0.05) is 50.2 Å². The van der Waals surface area contributed by atoms with Crippen molar-refractivity contribution >= 4 is 22.6 Å². The van der Waals surface area contributed by atoms with Crippen LogP contribution >= 0.6 is 0 Å². The fourth-order valence-corrected chi connectivity index (χ4v) is 5.01. The van der Waals surface area contributed by atoms with E-state index in [1.807, 2.05) is 40.6 Å². The van der Waals surface area contributed by atoms with Gasteiger partial charge in [-0.15, -0.1) is 10.2 Å². The normalized spacial score (nSPS) is 16.9. The van der Waals surface area contributed by atoms with Gasteiger partial charge in [-0.05, 0) is 61.1 Å². The molecule has 0 aliphatic carbocycles. The van der Waals surface area contributed by atoms with E-state index >= 15 is 0 Å². The van der Waals surface area contributed by atoms with Gasteiger partial charge >= 0.3 is 0 Å². The third-order valence-electron chi connectivity index (χ3n) is 6.84. The van der Waals surface area contributed by atoms with Crippen molar-refractivity contribution in [2.24, 2.45) is 0 Å². The summed E-state index contributed by atoms with van der Waals surface area (Å²) in [5.41, 5.74) is 5.16. The highest BCUT2D eigenvalue weighted by atomic mass is 16.5. The zero-order valence-electron chi connectivity index (χ0n) is 18.4. The number of nitrogens with zero attached hydrogens (tertiary/aromatic N) is 5. The van der Waals surface area contributed by atoms with Gasteiger partial charge in [0.2, 0.25) is 5.65 Å². The molecule has 9 nitrogen and oxygen atoms in total. The Labute approximate surface area is 189 Å². The Bertz CT molecular complexity index is 1450. The summed E-state index contributed by atoms with van der Waals surface area (Å²) in [6.07, 6.45) is 6.10. The van der Waals surface area contributed by atoms with Crippen molar-refractivity contribution in [3.8, 4) is 0 Å². The number of aryl methyl sites for hydroxylation is 1. The first-order valence-electron chi connectivity index (χ1n) is 11.3. The minimum atomic E-state index is -0.284. The number of nitrogens with one attached hydrogen (secondary N) is 1. The average molecular weight is 444 g/mol. The van der Waals surface area contributed by atoms with Crippen molar-refractivity contribution in [2.75, 3.05) is 19.8 Å². The molecule has 3 aromatic heterocycles. The lowest BCUT2D eigenvalue weighted by Gasteiger charge is -2.29. The zero-order valence-corrected chi connectivity index (χ0v) is 18.4. The van der Waals surface area contributed by atoms with Gasteiger partial charge in [-0.1, -0.05) is 0 Å². The zero-order chi connectivity index (χ0) is 22.5. The highest BCUT2D eigenvalue weighted by Gasteiger charge is 2.26. The summed E-state index contributed by atoms with van der Waals surface area (Å²) in [6, 6.07) is 5.73. The van der Waals surface area contributed by atoms with Crippen LogP contribution in [-0.4, -0.2) is 55.1 Å². The lowest BCUT2D eigenvalue weighted by atomic mass is 9.99. The van der Waals surface area contributed by atoms with E-state index in [1.54, 1.807) is 6.20 Å². The molecule has 1 saturated heterocycles. The van der Waals surface area contributed by atoms with Gasteiger partial charge in [-0.25, -0.2) is 0 Å². The Morgan fingerprint density at radius 2 is 2.03 bits per heavy atom. The summed E-state index contributed by atoms with van der Waals surface area (Å²) in [4.78, 5) is 35.3. The molecule has 2 aliphatic rings. The smallest absolute Gasteiger partial charge is 0.294 e. The molecule has 1 fully saturated rings. The van der Waals surface area contributed by atoms with E-state index in [1.165, 1.54) is 5.56 Å². The first kappa shape index (κ1) is 20.0. The monoisotopic (exact) mass is 444 g/mol. The van der Waals surface area contributed by atoms with Crippen LogP contribution in [-0.2, 0) is 17.7 Å². The van der Waals surface area contributed by atoms with Gasteiger partial charge in [0.15, 0.2) is 0 Å². The molecule has 168 valence electrons. The lowest BCUT2D eigenvalue weighted by molar-refractivity contribution is 0.0734. The fraction of sp³-hybridized carbons (Fsp3) is 0.375. The molecule has 5 heterocycles. The first-order chi connectivity index (χ1) is 16.1. The number of pyridine rings is 1. The Balaban J connectivity index is 1.47. The number of benzene rings is 1. The van der Waals surface area contributed by atoms with Crippen molar-refractivity contribution in [1.29, 1.82) is 0 Å². The van der Waals surface area contributed by atoms with E-state index < -0.39 is 0 Å². The van der Waals surface area contributed by atoms with Crippen LogP contribution in [0.4, 0.5) is 0 Å². The van der Waals surface area contributed by atoms with Crippen molar-refractivity contribution in [3.05, 3.63) is 69.0 Å². The molecule has 0 spiro atoms. The number of carbonyl (C=O) groups is 1. The third-order valence-corrected chi connectivity index (χ3v) is 6.84. The molecule has 0 unspecified atom stereocenters. The quantitative estimate of drug-likeness (QED) is 0.509. The molecule has 9 heteroatoms. The summed E-state index contributed by atoms with van der Waals surface area (Å²) in [5.74, 6) is 0.898. The second kappa shape index (κ2) is 7.77. The molecule has 6 rings (SSSR count). The molecule has 1 N–H and O–H groups in total. The van der Waals surface area contributed by atoms with E-state index in [4.69, 9.17) is 4.74 Å². The second-order valence-corrected chi connectivity index (χ2v) is 8.86. The fourth-order valence-electron chi connectivity index (χ4n) is 5.01. The van der Waals surface area contributed by atoms with Crippen LogP contribution in [0.2, 0.25) is 0 Å². The van der Waals surface area contributed by atoms with Gasteiger partial charge in [0.25, 0.3) is 11.5 Å². The summed E-state index contributed by atoms with van der Waals surface area (Å²) in [5, 5.41) is 8.56. The van der Waals surface area contributed by atoms with Crippen LogP contribution in [0.1, 0.15) is 51.6 Å². The summed E-state index contributed by atoms with van der Waals surface area (Å²) in [7, 11) is 0. The Kier molecular flexibility index (Phi) is 4.72. The van der Waals surface area contributed by atoms with Crippen molar-refractivity contribution in [3.63, 3.8) is 0 Å². The predicted molar refractivity (Wildman–Crippen MR) is 121 cm³/mol. The van der Waals surface area contributed by atoms with Crippen LogP contribution in [0.3, 0.4) is 0 Å². The molecule has 1 aromatic carbocycles. The van der Waals surface area contributed by atoms with Gasteiger partial charge in [0.05, 0.1) is 11.0 Å². The molecule has 33 heavy (non-hydrogen) atoms. The van der Waals surface area contributed by atoms with E-state index in [0.717, 1.165) is 41.7 Å². The van der Waals surface area contributed by atoms with Crippen LogP contribution in [0.25, 0.3) is 16.7 Å². The lowest BCUT2D eigenvalue weighted by Crippen LogP contribution is -2.36.